The number of nitrogens with one attached hydrogen (secondary N) is 1. The Bertz CT molecular complexity index is 755. The van der Waals surface area contributed by atoms with Gasteiger partial charge in [0.1, 0.15) is 5.76 Å². The quantitative estimate of drug-likeness (QED) is 0.768. The van der Waals surface area contributed by atoms with Crippen molar-refractivity contribution in [2.24, 2.45) is 0 Å². The van der Waals surface area contributed by atoms with E-state index in [9.17, 15) is 9.59 Å². The highest BCUT2D eigenvalue weighted by atomic mass is 16.5. The van der Waals surface area contributed by atoms with Crippen LogP contribution in [-0.2, 0) is 9.53 Å². The van der Waals surface area contributed by atoms with Crippen molar-refractivity contribution in [3.8, 4) is 11.5 Å². The number of aromatic nitrogens is 1. The number of benzene rings is 1. The predicted octanol–water partition coefficient (Wildman–Crippen LogP) is 2.57. The summed E-state index contributed by atoms with van der Waals surface area (Å²) in [5.41, 5.74) is 0.247. The van der Waals surface area contributed by atoms with Crippen molar-refractivity contribution < 1.29 is 28.3 Å². The molecule has 0 bridgehead atoms. The second kappa shape index (κ2) is 8.18. The van der Waals surface area contributed by atoms with Gasteiger partial charge in [0.15, 0.2) is 23.4 Å². The van der Waals surface area contributed by atoms with E-state index >= 15 is 0 Å². The van der Waals surface area contributed by atoms with Gasteiger partial charge in [-0.2, -0.15) is 0 Å². The number of anilines is 1. The van der Waals surface area contributed by atoms with Crippen LogP contribution in [0, 0.1) is 6.92 Å². The first-order chi connectivity index (χ1) is 11.9. The maximum Gasteiger partial charge on any atom is 0.339 e. The van der Waals surface area contributed by atoms with Gasteiger partial charge in [0.2, 0.25) is 0 Å². The van der Waals surface area contributed by atoms with Gasteiger partial charge in [-0.3, -0.25) is 4.79 Å². The van der Waals surface area contributed by atoms with Crippen LogP contribution in [0.1, 0.15) is 30.0 Å². The van der Waals surface area contributed by atoms with Gasteiger partial charge in [-0.25, -0.2) is 4.79 Å². The summed E-state index contributed by atoms with van der Waals surface area (Å²) in [4.78, 5) is 24.3. The molecule has 1 heterocycles. The van der Waals surface area contributed by atoms with E-state index in [1.807, 2.05) is 6.92 Å². The minimum Gasteiger partial charge on any atom is -0.493 e. The summed E-state index contributed by atoms with van der Waals surface area (Å²) in [6.07, 6.45) is -1.01. The molecule has 1 aromatic heterocycles. The molecule has 2 rings (SSSR count). The van der Waals surface area contributed by atoms with Crippen molar-refractivity contribution in [2.45, 2.75) is 26.9 Å². The lowest BCUT2D eigenvalue weighted by Crippen LogP contribution is -2.30. The zero-order valence-corrected chi connectivity index (χ0v) is 14.5. The topological polar surface area (TPSA) is 99.9 Å². The molecule has 0 unspecified atom stereocenters. The fraction of sp³-hybridized carbons (Fsp3) is 0.353. The smallest absolute Gasteiger partial charge is 0.339 e. The third-order valence-electron chi connectivity index (χ3n) is 3.23. The number of carbonyl (C=O) groups excluding carboxylic acids is 2. The molecule has 2 aromatic rings. The van der Waals surface area contributed by atoms with Crippen molar-refractivity contribution in [2.75, 3.05) is 19.0 Å². The molecule has 134 valence electrons. The molecule has 0 aliphatic carbocycles. The molecule has 0 aliphatic rings. The van der Waals surface area contributed by atoms with E-state index < -0.39 is 18.0 Å². The summed E-state index contributed by atoms with van der Waals surface area (Å²) in [5, 5.41) is 6.15. The van der Waals surface area contributed by atoms with Crippen molar-refractivity contribution in [1.29, 1.82) is 0 Å². The number of esters is 1. The van der Waals surface area contributed by atoms with E-state index in [0.717, 1.165) is 0 Å². The number of rotatable bonds is 7. The Kier molecular flexibility index (Phi) is 5.99. The SMILES string of the molecule is CCOc1ccc(C(=O)O[C@H](C)C(=O)Nc2cc(C)on2)cc1OC. The van der Waals surface area contributed by atoms with Crippen LogP contribution in [0.4, 0.5) is 5.82 Å². The molecule has 1 aromatic carbocycles. The molecular weight excluding hydrogens is 328 g/mol. The maximum atomic E-state index is 12.2. The molecule has 0 spiro atoms. The Morgan fingerprint density at radius 3 is 2.64 bits per heavy atom. The molecule has 0 radical (unpaired) electrons. The van der Waals surface area contributed by atoms with Crippen LogP contribution >= 0.6 is 0 Å². The summed E-state index contributed by atoms with van der Waals surface area (Å²) < 4.78 is 20.6. The standard InChI is InChI=1S/C17H20N2O6/c1-5-23-13-7-6-12(9-14(13)22-4)17(21)24-11(3)16(20)18-15-8-10(2)25-19-15/h6-9,11H,5H2,1-4H3,(H,18,19,20)/t11-/m1/s1. The van der Waals surface area contributed by atoms with Crippen LogP contribution in [0.5, 0.6) is 11.5 Å². The van der Waals surface area contributed by atoms with Gasteiger partial charge in [-0.05, 0) is 39.0 Å². The highest BCUT2D eigenvalue weighted by molar-refractivity contribution is 5.97. The van der Waals surface area contributed by atoms with Crippen molar-refractivity contribution in [3.05, 3.63) is 35.6 Å². The van der Waals surface area contributed by atoms with Crippen LogP contribution in [0.2, 0.25) is 0 Å². The highest BCUT2D eigenvalue weighted by Gasteiger charge is 2.21. The van der Waals surface area contributed by atoms with E-state index in [2.05, 4.69) is 10.5 Å². The largest absolute Gasteiger partial charge is 0.493 e. The van der Waals surface area contributed by atoms with Crippen LogP contribution in [0.25, 0.3) is 0 Å². The first-order valence-corrected chi connectivity index (χ1v) is 7.70. The van der Waals surface area contributed by atoms with Crippen LogP contribution in [-0.4, -0.2) is 36.9 Å². The molecule has 8 nitrogen and oxygen atoms in total. The fourth-order valence-electron chi connectivity index (χ4n) is 2.00. The minimum atomic E-state index is -1.01. The molecule has 0 fully saturated rings. The number of amides is 1. The Morgan fingerprint density at radius 2 is 2.04 bits per heavy atom. The number of methoxy groups -OCH3 is 1. The molecular formula is C17H20N2O6. The maximum absolute atomic E-state index is 12.2. The Balaban J connectivity index is 2.01. The first-order valence-electron chi connectivity index (χ1n) is 7.70. The van der Waals surface area contributed by atoms with Gasteiger partial charge in [0, 0.05) is 6.07 Å². The van der Waals surface area contributed by atoms with Gasteiger partial charge < -0.3 is 24.1 Å². The van der Waals surface area contributed by atoms with Gasteiger partial charge in [-0.15, -0.1) is 0 Å². The van der Waals surface area contributed by atoms with Crippen LogP contribution < -0.4 is 14.8 Å². The molecule has 1 N–H and O–H groups in total. The Labute approximate surface area is 145 Å². The number of nitrogens with zero attached hydrogens (tertiary/aromatic N) is 1. The zero-order chi connectivity index (χ0) is 18.4. The molecule has 0 aliphatic heterocycles. The van der Waals surface area contributed by atoms with Gasteiger partial charge >= 0.3 is 5.97 Å². The number of ether oxygens (including phenoxy) is 3. The summed E-state index contributed by atoms with van der Waals surface area (Å²) in [6, 6.07) is 6.21. The molecule has 0 saturated carbocycles. The van der Waals surface area contributed by atoms with Crippen molar-refractivity contribution in [3.63, 3.8) is 0 Å². The second-order valence-corrected chi connectivity index (χ2v) is 5.16. The van der Waals surface area contributed by atoms with E-state index in [-0.39, 0.29) is 11.4 Å². The average molecular weight is 348 g/mol. The van der Waals surface area contributed by atoms with E-state index in [0.29, 0.717) is 23.9 Å². The normalized spacial score (nSPS) is 11.5. The van der Waals surface area contributed by atoms with Gasteiger partial charge in [0.05, 0.1) is 19.3 Å². The number of aryl methyl sites for hydroxylation is 1. The van der Waals surface area contributed by atoms with Crippen molar-refractivity contribution in [1.82, 2.24) is 5.16 Å². The summed E-state index contributed by atoms with van der Waals surface area (Å²) in [7, 11) is 1.48. The number of carbonyl (C=O) groups is 2. The molecule has 25 heavy (non-hydrogen) atoms. The molecule has 0 saturated heterocycles. The number of hydrogen-bond donors (Lipinski definition) is 1. The molecule has 8 heteroatoms. The monoisotopic (exact) mass is 348 g/mol. The van der Waals surface area contributed by atoms with E-state index in [1.165, 1.54) is 20.1 Å². The number of hydrogen-bond acceptors (Lipinski definition) is 7. The third kappa shape index (κ3) is 4.72. The first kappa shape index (κ1) is 18.3. The predicted molar refractivity (Wildman–Crippen MR) is 88.9 cm³/mol. The summed E-state index contributed by atoms with van der Waals surface area (Å²) in [5.74, 6) is 0.578. The molecule has 1 atom stereocenters. The lowest BCUT2D eigenvalue weighted by atomic mass is 10.2. The fourth-order valence-corrected chi connectivity index (χ4v) is 2.00. The third-order valence-corrected chi connectivity index (χ3v) is 3.23. The van der Waals surface area contributed by atoms with E-state index in [1.54, 1.807) is 25.1 Å². The second-order valence-electron chi connectivity index (χ2n) is 5.16. The van der Waals surface area contributed by atoms with Gasteiger partial charge in [-0.1, -0.05) is 5.16 Å². The Morgan fingerprint density at radius 1 is 1.28 bits per heavy atom. The van der Waals surface area contributed by atoms with Crippen LogP contribution in [0.15, 0.2) is 28.8 Å². The van der Waals surface area contributed by atoms with Crippen LogP contribution in [0.3, 0.4) is 0 Å². The van der Waals surface area contributed by atoms with E-state index in [4.69, 9.17) is 18.7 Å². The van der Waals surface area contributed by atoms with Gasteiger partial charge in [0.25, 0.3) is 5.91 Å². The lowest BCUT2D eigenvalue weighted by Gasteiger charge is -2.14. The minimum absolute atomic E-state index is 0.247. The molecule has 1 amide bonds. The lowest BCUT2D eigenvalue weighted by molar-refractivity contribution is -0.123. The van der Waals surface area contributed by atoms with Crippen molar-refractivity contribution >= 4 is 17.7 Å². The average Bonchev–Trinajstić information content (AvgIpc) is 3.00. The zero-order valence-electron chi connectivity index (χ0n) is 14.5. The highest BCUT2D eigenvalue weighted by Crippen LogP contribution is 2.28. The summed E-state index contributed by atoms with van der Waals surface area (Å²) >= 11 is 0. The Hall–Kier alpha value is -3.03. The summed E-state index contributed by atoms with van der Waals surface area (Å²) in [6.45, 7) is 5.48.